The van der Waals surface area contributed by atoms with Crippen LogP contribution in [-0.2, 0) is 11.3 Å². The fraction of sp³-hybridized carbons (Fsp3) is 0.625. The highest BCUT2D eigenvalue weighted by Crippen LogP contribution is 2.26. The molecule has 0 spiro atoms. The summed E-state index contributed by atoms with van der Waals surface area (Å²) in [5.41, 5.74) is 2.56. The van der Waals surface area contributed by atoms with Gasteiger partial charge < -0.3 is 19.9 Å². The Morgan fingerprint density at radius 1 is 1.38 bits per heavy atom. The summed E-state index contributed by atoms with van der Waals surface area (Å²) in [7, 11) is 3.91. The number of likely N-dealkylation sites (N-methyl/N-ethyl adjacent to an activating group) is 1. The van der Waals surface area contributed by atoms with Crippen LogP contribution in [-0.4, -0.2) is 57.9 Å². The summed E-state index contributed by atoms with van der Waals surface area (Å²) >= 11 is 6.17. The number of anilines is 1. The summed E-state index contributed by atoms with van der Waals surface area (Å²) in [6, 6.07) is 6.77. The van der Waals surface area contributed by atoms with Crippen LogP contribution in [0, 0.1) is 0 Å². The van der Waals surface area contributed by atoms with Crippen LogP contribution in [0.3, 0.4) is 0 Å². The number of methoxy groups -OCH3 is 1. The number of hydrogen-bond donors (Lipinski definition) is 1. The minimum atomic E-state index is 0.573. The van der Waals surface area contributed by atoms with Gasteiger partial charge >= 0.3 is 0 Å². The van der Waals surface area contributed by atoms with Gasteiger partial charge in [0.2, 0.25) is 0 Å². The topological polar surface area (TPSA) is 27.7 Å². The third-order valence-corrected chi connectivity index (χ3v) is 4.38. The summed E-state index contributed by atoms with van der Waals surface area (Å²) in [5, 5.41) is 4.20. The van der Waals surface area contributed by atoms with Crippen molar-refractivity contribution in [1.82, 2.24) is 10.2 Å². The molecule has 21 heavy (non-hydrogen) atoms. The monoisotopic (exact) mass is 311 g/mol. The third-order valence-electron chi connectivity index (χ3n) is 4.14. The van der Waals surface area contributed by atoms with Crippen LogP contribution in [0.1, 0.15) is 12.5 Å². The van der Waals surface area contributed by atoms with Crippen molar-refractivity contribution in [2.45, 2.75) is 19.5 Å². The van der Waals surface area contributed by atoms with Gasteiger partial charge in [0.05, 0.1) is 6.61 Å². The van der Waals surface area contributed by atoms with Crippen molar-refractivity contribution in [3.63, 3.8) is 0 Å². The molecular formula is C16H26ClN3O. The second kappa shape index (κ2) is 7.99. The molecular weight excluding hydrogens is 286 g/mol. The van der Waals surface area contributed by atoms with E-state index in [0.717, 1.165) is 44.4 Å². The number of nitrogens with zero attached hydrogens (tertiary/aromatic N) is 2. The molecule has 1 aromatic rings. The van der Waals surface area contributed by atoms with Gasteiger partial charge in [0.1, 0.15) is 0 Å². The van der Waals surface area contributed by atoms with E-state index < -0.39 is 0 Å². The molecule has 1 fully saturated rings. The Morgan fingerprint density at radius 2 is 2.19 bits per heavy atom. The van der Waals surface area contributed by atoms with Gasteiger partial charge in [-0.15, -0.1) is 0 Å². The smallest absolute Gasteiger partial charge is 0.0587 e. The SMILES string of the molecule is COCCNCc1cc(Cl)ccc1N1CCN(C)C(C)C1. The standard InChI is InChI=1S/C16H26ClN3O/c1-13-12-20(8-7-19(13)2)16-5-4-15(17)10-14(16)11-18-6-9-21-3/h4-5,10,13,18H,6-9,11-12H2,1-3H3. The highest BCUT2D eigenvalue weighted by Gasteiger charge is 2.22. The Labute approximate surface area is 133 Å². The van der Waals surface area contributed by atoms with Gasteiger partial charge in [0.15, 0.2) is 0 Å². The van der Waals surface area contributed by atoms with Crippen LogP contribution in [0.15, 0.2) is 18.2 Å². The number of benzene rings is 1. The summed E-state index contributed by atoms with van der Waals surface area (Å²) in [4.78, 5) is 4.87. The highest BCUT2D eigenvalue weighted by atomic mass is 35.5. The highest BCUT2D eigenvalue weighted by molar-refractivity contribution is 6.30. The molecule has 1 atom stereocenters. The van der Waals surface area contributed by atoms with E-state index in [1.807, 2.05) is 6.07 Å². The second-order valence-corrected chi connectivity index (χ2v) is 6.15. The molecule has 0 aromatic heterocycles. The molecule has 5 heteroatoms. The average molecular weight is 312 g/mol. The van der Waals surface area contributed by atoms with E-state index in [1.54, 1.807) is 7.11 Å². The molecule has 1 saturated heterocycles. The predicted octanol–water partition coefficient (Wildman–Crippen LogP) is 2.22. The molecule has 4 nitrogen and oxygen atoms in total. The molecule has 1 aliphatic heterocycles. The maximum absolute atomic E-state index is 6.17. The normalized spacial score (nSPS) is 20.0. The van der Waals surface area contributed by atoms with Gasteiger partial charge in [-0.2, -0.15) is 0 Å². The Hall–Kier alpha value is -0.810. The number of rotatable bonds is 6. The van der Waals surface area contributed by atoms with Gasteiger partial charge in [-0.05, 0) is 37.7 Å². The quantitative estimate of drug-likeness (QED) is 0.815. The molecule has 1 N–H and O–H groups in total. The van der Waals surface area contributed by atoms with Crippen LogP contribution in [0.25, 0.3) is 0 Å². The maximum Gasteiger partial charge on any atom is 0.0587 e. The Bertz CT molecular complexity index is 455. The van der Waals surface area contributed by atoms with E-state index >= 15 is 0 Å². The lowest BCUT2D eigenvalue weighted by Crippen LogP contribution is -2.50. The number of hydrogen-bond acceptors (Lipinski definition) is 4. The van der Waals surface area contributed by atoms with Crippen molar-refractivity contribution in [3.8, 4) is 0 Å². The lowest BCUT2D eigenvalue weighted by molar-refractivity contribution is 0.199. The zero-order valence-corrected chi connectivity index (χ0v) is 14.0. The molecule has 2 rings (SSSR count). The van der Waals surface area contributed by atoms with Crippen molar-refractivity contribution in [3.05, 3.63) is 28.8 Å². The lowest BCUT2D eigenvalue weighted by atomic mass is 10.1. The lowest BCUT2D eigenvalue weighted by Gasteiger charge is -2.39. The molecule has 118 valence electrons. The summed E-state index contributed by atoms with van der Waals surface area (Å²) < 4.78 is 5.07. The Balaban J connectivity index is 2.07. The third kappa shape index (κ3) is 4.58. The van der Waals surface area contributed by atoms with Crippen molar-refractivity contribution in [2.75, 3.05) is 51.8 Å². The second-order valence-electron chi connectivity index (χ2n) is 5.72. The largest absolute Gasteiger partial charge is 0.383 e. The molecule has 0 bridgehead atoms. The van der Waals surface area contributed by atoms with Crippen molar-refractivity contribution >= 4 is 17.3 Å². The minimum Gasteiger partial charge on any atom is -0.383 e. The number of halogens is 1. The van der Waals surface area contributed by atoms with Crippen LogP contribution in [0.5, 0.6) is 0 Å². The van der Waals surface area contributed by atoms with Crippen molar-refractivity contribution in [1.29, 1.82) is 0 Å². The zero-order chi connectivity index (χ0) is 15.2. The average Bonchev–Trinajstić information content (AvgIpc) is 2.47. The van der Waals surface area contributed by atoms with E-state index in [1.165, 1.54) is 11.3 Å². The number of nitrogens with one attached hydrogen (secondary N) is 1. The van der Waals surface area contributed by atoms with Gasteiger partial charge in [-0.3, -0.25) is 0 Å². The van der Waals surface area contributed by atoms with Crippen LogP contribution in [0.2, 0.25) is 5.02 Å². The molecule has 0 aliphatic carbocycles. The van der Waals surface area contributed by atoms with Gasteiger partial charge in [-0.25, -0.2) is 0 Å². The van der Waals surface area contributed by atoms with E-state index in [4.69, 9.17) is 16.3 Å². The molecule has 0 saturated carbocycles. The first-order valence-electron chi connectivity index (χ1n) is 7.55. The van der Waals surface area contributed by atoms with E-state index in [2.05, 4.69) is 41.2 Å². The molecule has 0 amide bonds. The Morgan fingerprint density at radius 3 is 2.90 bits per heavy atom. The first kappa shape index (κ1) is 16.6. The Kier molecular flexibility index (Phi) is 6.30. The van der Waals surface area contributed by atoms with E-state index in [9.17, 15) is 0 Å². The first-order chi connectivity index (χ1) is 10.1. The van der Waals surface area contributed by atoms with Gasteiger partial charge in [0, 0.05) is 56.6 Å². The van der Waals surface area contributed by atoms with Crippen molar-refractivity contribution in [2.24, 2.45) is 0 Å². The fourth-order valence-electron chi connectivity index (χ4n) is 2.67. The molecule has 1 aromatic carbocycles. The molecule has 0 radical (unpaired) electrons. The first-order valence-corrected chi connectivity index (χ1v) is 7.93. The van der Waals surface area contributed by atoms with E-state index in [0.29, 0.717) is 6.04 Å². The predicted molar refractivity (Wildman–Crippen MR) is 89.3 cm³/mol. The summed E-state index contributed by atoms with van der Waals surface area (Å²) in [5.74, 6) is 0. The molecule has 1 heterocycles. The van der Waals surface area contributed by atoms with Gasteiger partial charge in [0.25, 0.3) is 0 Å². The van der Waals surface area contributed by atoms with Crippen LogP contribution >= 0.6 is 11.6 Å². The number of piperazine rings is 1. The fourth-order valence-corrected chi connectivity index (χ4v) is 2.86. The molecule has 1 unspecified atom stereocenters. The van der Waals surface area contributed by atoms with Gasteiger partial charge in [-0.1, -0.05) is 11.6 Å². The summed E-state index contributed by atoms with van der Waals surface area (Å²) in [6.45, 7) is 7.89. The zero-order valence-electron chi connectivity index (χ0n) is 13.2. The van der Waals surface area contributed by atoms with Crippen molar-refractivity contribution < 1.29 is 4.74 Å². The maximum atomic E-state index is 6.17. The minimum absolute atomic E-state index is 0.573. The summed E-state index contributed by atoms with van der Waals surface area (Å²) in [6.07, 6.45) is 0. The van der Waals surface area contributed by atoms with Crippen LogP contribution in [0.4, 0.5) is 5.69 Å². The van der Waals surface area contributed by atoms with E-state index in [-0.39, 0.29) is 0 Å². The number of ether oxygens (including phenoxy) is 1. The van der Waals surface area contributed by atoms with Crippen LogP contribution < -0.4 is 10.2 Å². The molecule has 1 aliphatic rings.